The molecule has 0 atom stereocenters. The quantitative estimate of drug-likeness (QED) is 0.828. The highest BCUT2D eigenvalue weighted by molar-refractivity contribution is 6.03. The van der Waals surface area contributed by atoms with Crippen LogP contribution in [0.4, 0.5) is 0 Å². The van der Waals surface area contributed by atoms with E-state index in [-0.39, 0.29) is 5.69 Å². The van der Waals surface area contributed by atoms with E-state index in [1.54, 1.807) is 6.07 Å². The second kappa shape index (κ2) is 4.63. The summed E-state index contributed by atoms with van der Waals surface area (Å²) in [6, 6.07) is 7.26. The van der Waals surface area contributed by atoms with E-state index in [0.717, 1.165) is 18.4 Å². The minimum absolute atomic E-state index is 0.188. The van der Waals surface area contributed by atoms with Crippen molar-refractivity contribution in [2.75, 3.05) is 0 Å². The first-order chi connectivity index (χ1) is 9.62. The van der Waals surface area contributed by atoms with Crippen molar-refractivity contribution in [2.45, 2.75) is 31.3 Å². The number of hydrogen-bond acceptors (Lipinski definition) is 4. The van der Waals surface area contributed by atoms with Crippen molar-refractivity contribution in [1.82, 2.24) is 10.2 Å². The number of aromatic amines is 1. The van der Waals surface area contributed by atoms with Crippen LogP contribution in [0.5, 0.6) is 0 Å². The lowest BCUT2D eigenvalue weighted by atomic mass is 10.0. The predicted molar refractivity (Wildman–Crippen MR) is 71.9 cm³/mol. The van der Waals surface area contributed by atoms with Crippen LogP contribution in [-0.4, -0.2) is 27.7 Å². The maximum atomic E-state index is 12.3. The minimum atomic E-state index is -1.17. The number of primary amides is 1. The molecule has 0 saturated heterocycles. The number of esters is 1. The summed E-state index contributed by atoms with van der Waals surface area (Å²) in [6.45, 7) is 0. The van der Waals surface area contributed by atoms with Crippen molar-refractivity contribution < 1.29 is 14.3 Å². The summed E-state index contributed by atoms with van der Waals surface area (Å²) in [5.41, 5.74) is 5.17. The number of para-hydroxylation sites is 1. The molecule has 1 fully saturated rings. The van der Waals surface area contributed by atoms with Gasteiger partial charge in [-0.2, -0.15) is 5.10 Å². The molecular weight excluding hydrogens is 258 g/mol. The van der Waals surface area contributed by atoms with Crippen LogP contribution in [0.3, 0.4) is 0 Å². The molecule has 20 heavy (non-hydrogen) atoms. The van der Waals surface area contributed by atoms with E-state index in [0.29, 0.717) is 18.2 Å². The third kappa shape index (κ3) is 1.93. The number of amides is 1. The van der Waals surface area contributed by atoms with E-state index in [1.165, 1.54) is 0 Å². The first-order valence-corrected chi connectivity index (χ1v) is 6.59. The molecule has 1 aliphatic carbocycles. The molecule has 1 saturated carbocycles. The topological polar surface area (TPSA) is 98.1 Å². The molecule has 0 bridgehead atoms. The molecule has 6 heteroatoms. The van der Waals surface area contributed by atoms with Crippen molar-refractivity contribution >= 4 is 22.8 Å². The smallest absolute Gasteiger partial charge is 0.360 e. The van der Waals surface area contributed by atoms with Gasteiger partial charge in [-0.15, -0.1) is 0 Å². The van der Waals surface area contributed by atoms with E-state index in [4.69, 9.17) is 10.5 Å². The van der Waals surface area contributed by atoms with Gasteiger partial charge < -0.3 is 10.5 Å². The van der Waals surface area contributed by atoms with Crippen LogP contribution >= 0.6 is 0 Å². The summed E-state index contributed by atoms with van der Waals surface area (Å²) in [7, 11) is 0. The number of aromatic nitrogens is 2. The highest BCUT2D eigenvalue weighted by Gasteiger charge is 2.44. The summed E-state index contributed by atoms with van der Waals surface area (Å²) in [6.07, 6.45) is 2.63. The number of carbonyl (C=O) groups excluding carboxylic acids is 2. The fraction of sp³-hybridized carbons (Fsp3) is 0.357. The normalized spacial score (nSPS) is 17.2. The largest absolute Gasteiger partial charge is 0.444 e. The van der Waals surface area contributed by atoms with Crippen molar-refractivity contribution in [3.63, 3.8) is 0 Å². The van der Waals surface area contributed by atoms with E-state index >= 15 is 0 Å². The van der Waals surface area contributed by atoms with Gasteiger partial charge in [0.1, 0.15) is 0 Å². The highest BCUT2D eigenvalue weighted by Crippen LogP contribution is 2.34. The Kier molecular flexibility index (Phi) is 2.93. The van der Waals surface area contributed by atoms with Crippen LogP contribution < -0.4 is 5.73 Å². The lowest BCUT2D eigenvalue weighted by molar-refractivity contribution is -0.136. The van der Waals surface area contributed by atoms with Gasteiger partial charge in [-0.3, -0.25) is 9.89 Å². The number of fused-ring (bicyclic) bond motifs is 1. The molecule has 0 radical (unpaired) electrons. The average Bonchev–Trinajstić information content (AvgIpc) is 3.05. The molecule has 3 rings (SSSR count). The second-order valence-corrected chi connectivity index (χ2v) is 5.07. The number of nitrogens with two attached hydrogens (primary N) is 1. The van der Waals surface area contributed by atoms with E-state index in [1.807, 2.05) is 18.2 Å². The zero-order chi connectivity index (χ0) is 14.2. The maximum Gasteiger partial charge on any atom is 0.360 e. The number of nitrogens with one attached hydrogen (secondary N) is 1. The van der Waals surface area contributed by atoms with Gasteiger partial charge in [0.25, 0.3) is 5.91 Å². The molecule has 1 heterocycles. The summed E-state index contributed by atoms with van der Waals surface area (Å²) in [4.78, 5) is 23.9. The molecule has 1 aliphatic rings. The SMILES string of the molecule is NC(=O)C1(OC(=O)c2n[nH]c3ccccc23)CCCC1. The molecule has 6 nitrogen and oxygen atoms in total. The molecule has 3 N–H and O–H groups in total. The number of ether oxygens (including phenoxy) is 1. The zero-order valence-corrected chi connectivity index (χ0v) is 10.9. The molecular formula is C14H15N3O3. The zero-order valence-electron chi connectivity index (χ0n) is 10.9. The Bertz CT molecular complexity index is 671. The van der Waals surface area contributed by atoms with Gasteiger partial charge in [-0.25, -0.2) is 4.79 Å². The van der Waals surface area contributed by atoms with E-state index in [2.05, 4.69) is 10.2 Å². The maximum absolute atomic E-state index is 12.3. The highest BCUT2D eigenvalue weighted by atomic mass is 16.6. The summed E-state index contributed by atoms with van der Waals surface area (Å²) < 4.78 is 5.42. The molecule has 0 aliphatic heterocycles. The van der Waals surface area contributed by atoms with E-state index in [9.17, 15) is 9.59 Å². The second-order valence-electron chi connectivity index (χ2n) is 5.07. The van der Waals surface area contributed by atoms with Crippen molar-refractivity contribution in [1.29, 1.82) is 0 Å². The number of rotatable bonds is 3. The van der Waals surface area contributed by atoms with Crippen LogP contribution in [0.2, 0.25) is 0 Å². The molecule has 104 valence electrons. The molecule has 0 unspecified atom stereocenters. The third-order valence-corrected chi connectivity index (χ3v) is 3.81. The lowest BCUT2D eigenvalue weighted by Gasteiger charge is -2.24. The van der Waals surface area contributed by atoms with E-state index < -0.39 is 17.5 Å². The molecule has 0 spiro atoms. The number of hydrogen-bond donors (Lipinski definition) is 2. The van der Waals surface area contributed by atoms with Gasteiger partial charge in [0.05, 0.1) is 5.52 Å². The van der Waals surface area contributed by atoms with Crippen LogP contribution in [0.15, 0.2) is 24.3 Å². The third-order valence-electron chi connectivity index (χ3n) is 3.81. The molecule has 1 aromatic heterocycles. The van der Waals surface area contributed by atoms with Crippen LogP contribution in [0.1, 0.15) is 36.2 Å². The summed E-state index contributed by atoms with van der Waals surface area (Å²) >= 11 is 0. The number of nitrogens with zero attached hydrogens (tertiary/aromatic N) is 1. The Hall–Kier alpha value is -2.37. The fourth-order valence-electron chi connectivity index (χ4n) is 2.69. The van der Waals surface area contributed by atoms with Gasteiger partial charge in [-0.1, -0.05) is 18.2 Å². The van der Waals surface area contributed by atoms with Crippen LogP contribution in [0, 0.1) is 0 Å². The Morgan fingerprint density at radius 3 is 2.65 bits per heavy atom. The first-order valence-electron chi connectivity index (χ1n) is 6.59. The Balaban J connectivity index is 1.91. The predicted octanol–water partition coefficient (Wildman–Crippen LogP) is 1.52. The standard InChI is InChI=1S/C14H15N3O3/c15-13(19)14(7-3-4-8-14)20-12(18)11-9-5-1-2-6-10(9)16-17-11/h1-2,5-6H,3-4,7-8H2,(H2,15,19)(H,16,17). The van der Waals surface area contributed by atoms with Gasteiger partial charge >= 0.3 is 5.97 Å². The molecule has 1 aromatic carbocycles. The van der Waals surface area contributed by atoms with Gasteiger partial charge in [-0.05, 0) is 31.7 Å². The van der Waals surface area contributed by atoms with Crippen LogP contribution in [-0.2, 0) is 9.53 Å². The summed E-state index contributed by atoms with van der Waals surface area (Å²) in [5.74, 6) is -1.19. The van der Waals surface area contributed by atoms with Crippen molar-refractivity contribution in [3.05, 3.63) is 30.0 Å². The van der Waals surface area contributed by atoms with Crippen molar-refractivity contribution in [2.24, 2.45) is 5.73 Å². The number of benzene rings is 1. The lowest BCUT2D eigenvalue weighted by Crippen LogP contribution is -2.45. The minimum Gasteiger partial charge on any atom is -0.444 e. The monoisotopic (exact) mass is 273 g/mol. The molecule has 1 amide bonds. The van der Waals surface area contributed by atoms with Gasteiger partial charge in [0.2, 0.25) is 0 Å². The molecule has 2 aromatic rings. The van der Waals surface area contributed by atoms with Crippen LogP contribution in [0.25, 0.3) is 10.9 Å². The Morgan fingerprint density at radius 2 is 1.95 bits per heavy atom. The summed E-state index contributed by atoms with van der Waals surface area (Å²) in [5, 5.41) is 7.42. The Morgan fingerprint density at radius 1 is 1.25 bits per heavy atom. The number of carbonyl (C=O) groups is 2. The van der Waals surface area contributed by atoms with Crippen molar-refractivity contribution in [3.8, 4) is 0 Å². The number of H-pyrrole nitrogens is 1. The van der Waals surface area contributed by atoms with Gasteiger partial charge in [0.15, 0.2) is 11.3 Å². The fourth-order valence-corrected chi connectivity index (χ4v) is 2.69. The first kappa shape index (κ1) is 12.7. The average molecular weight is 273 g/mol. The Labute approximate surface area is 115 Å². The van der Waals surface area contributed by atoms with Gasteiger partial charge in [0, 0.05) is 5.39 Å².